The number of aryl methyl sites for hydroxylation is 1. The molecule has 1 aromatic carbocycles. The first-order valence-electron chi connectivity index (χ1n) is 8.56. The highest BCUT2D eigenvalue weighted by molar-refractivity contribution is 5.39. The zero-order valence-electron chi connectivity index (χ0n) is 13.5. The van der Waals surface area contributed by atoms with Gasteiger partial charge in [0.15, 0.2) is 0 Å². The molecule has 116 valence electrons. The summed E-state index contributed by atoms with van der Waals surface area (Å²) in [4.78, 5) is 0. The second-order valence-electron chi connectivity index (χ2n) is 7.58. The van der Waals surface area contributed by atoms with Crippen LogP contribution in [0.25, 0.3) is 0 Å². The molecular formula is C19H29NO. The van der Waals surface area contributed by atoms with Crippen LogP contribution in [0.5, 0.6) is 5.75 Å². The Balaban J connectivity index is 1.59. The molecule has 2 nitrogen and oxygen atoms in total. The Labute approximate surface area is 129 Å². The van der Waals surface area contributed by atoms with E-state index in [-0.39, 0.29) is 0 Å². The summed E-state index contributed by atoms with van der Waals surface area (Å²) in [5.41, 5.74) is 9.77. The van der Waals surface area contributed by atoms with Gasteiger partial charge in [-0.2, -0.15) is 0 Å². The van der Waals surface area contributed by atoms with Crippen LogP contribution in [-0.2, 0) is 12.8 Å². The van der Waals surface area contributed by atoms with Crippen molar-refractivity contribution in [1.29, 1.82) is 0 Å². The van der Waals surface area contributed by atoms with Crippen molar-refractivity contribution in [2.45, 2.75) is 64.8 Å². The first kappa shape index (κ1) is 14.9. The summed E-state index contributed by atoms with van der Waals surface area (Å²) in [5, 5.41) is 0. The van der Waals surface area contributed by atoms with Gasteiger partial charge in [-0.3, -0.25) is 0 Å². The number of benzene rings is 1. The Morgan fingerprint density at radius 3 is 3.00 bits per heavy atom. The van der Waals surface area contributed by atoms with Gasteiger partial charge in [-0.05, 0) is 54.2 Å². The van der Waals surface area contributed by atoms with E-state index in [1.165, 1.54) is 36.8 Å². The van der Waals surface area contributed by atoms with Gasteiger partial charge in [0.25, 0.3) is 0 Å². The minimum Gasteiger partial charge on any atom is -0.493 e. The number of nitrogens with two attached hydrogens (primary N) is 1. The van der Waals surface area contributed by atoms with E-state index in [1.54, 1.807) is 0 Å². The zero-order valence-corrected chi connectivity index (χ0v) is 13.5. The van der Waals surface area contributed by atoms with Crippen LogP contribution in [0.3, 0.4) is 0 Å². The van der Waals surface area contributed by atoms with Crippen LogP contribution in [0.1, 0.15) is 57.1 Å². The number of fused-ring (bicyclic) bond motifs is 1. The number of rotatable bonds is 4. The van der Waals surface area contributed by atoms with Crippen molar-refractivity contribution in [1.82, 2.24) is 0 Å². The first-order chi connectivity index (χ1) is 10.1. The van der Waals surface area contributed by atoms with Crippen LogP contribution in [0.4, 0.5) is 0 Å². The van der Waals surface area contributed by atoms with Gasteiger partial charge >= 0.3 is 0 Å². The third kappa shape index (κ3) is 3.26. The van der Waals surface area contributed by atoms with E-state index < -0.39 is 0 Å². The van der Waals surface area contributed by atoms with Crippen LogP contribution in [-0.4, -0.2) is 12.6 Å². The number of hydrogen-bond acceptors (Lipinski definition) is 2. The lowest BCUT2D eigenvalue weighted by molar-refractivity contribution is 0.109. The molecule has 1 heterocycles. The number of ether oxygens (including phenoxy) is 1. The molecule has 1 aliphatic heterocycles. The lowest BCUT2D eigenvalue weighted by Gasteiger charge is -2.42. The average molecular weight is 287 g/mol. The lowest BCUT2D eigenvalue weighted by atomic mass is 9.65. The fourth-order valence-corrected chi connectivity index (χ4v) is 4.24. The Bertz CT molecular complexity index is 494. The smallest absolute Gasteiger partial charge is 0.122 e. The summed E-state index contributed by atoms with van der Waals surface area (Å²) >= 11 is 0. The number of hydrogen-bond donors (Lipinski definition) is 1. The topological polar surface area (TPSA) is 35.2 Å². The van der Waals surface area contributed by atoms with E-state index in [2.05, 4.69) is 32.0 Å². The molecule has 1 aromatic rings. The maximum Gasteiger partial charge on any atom is 0.122 e. The van der Waals surface area contributed by atoms with Crippen molar-refractivity contribution in [3.63, 3.8) is 0 Å². The Kier molecular flexibility index (Phi) is 4.26. The quantitative estimate of drug-likeness (QED) is 0.905. The molecule has 0 spiro atoms. The van der Waals surface area contributed by atoms with Gasteiger partial charge in [0.1, 0.15) is 5.75 Å². The summed E-state index contributed by atoms with van der Waals surface area (Å²) in [6.07, 6.45) is 8.65. The van der Waals surface area contributed by atoms with Gasteiger partial charge in [-0.1, -0.05) is 38.8 Å². The van der Waals surface area contributed by atoms with E-state index in [0.29, 0.717) is 17.4 Å². The predicted octanol–water partition coefficient (Wildman–Crippen LogP) is 4.10. The molecule has 3 rings (SSSR count). The lowest BCUT2D eigenvalue weighted by Crippen LogP contribution is -2.42. The molecule has 2 atom stereocenters. The fourth-order valence-electron chi connectivity index (χ4n) is 4.24. The second-order valence-corrected chi connectivity index (χ2v) is 7.58. The molecule has 0 saturated heterocycles. The van der Waals surface area contributed by atoms with Gasteiger partial charge in [0.2, 0.25) is 0 Å². The fraction of sp³-hybridized carbons (Fsp3) is 0.684. The Hall–Kier alpha value is -1.02. The zero-order chi connectivity index (χ0) is 14.9. The third-order valence-electron chi connectivity index (χ3n) is 5.63. The Morgan fingerprint density at radius 1 is 1.33 bits per heavy atom. The normalized spacial score (nSPS) is 25.2. The summed E-state index contributed by atoms with van der Waals surface area (Å²) in [7, 11) is 0. The molecule has 1 saturated carbocycles. The molecule has 0 bridgehead atoms. The van der Waals surface area contributed by atoms with Gasteiger partial charge in [-0.25, -0.2) is 0 Å². The highest BCUT2D eigenvalue weighted by atomic mass is 16.5. The minimum atomic E-state index is 0.338. The van der Waals surface area contributed by atoms with Crippen molar-refractivity contribution < 1.29 is 4.74 Å². The van der Waals surface area contributed by atoms with E-state index in [0.717, 1.165) is 31.6 Å². The molecular weight excluding hydrogens is 258 g/mol. The van der Waals surface area contributed by atoms with E-state index in [9.17, 15) is 0 Å². The van der Waals surface area contributed by atoms with Crippen molar-refractivity contribution >= 4 is 0 Å². The van der Waals surface area contributed by atoms with Crippen LogP contribution in [0.2, 0.25) is 0 Å². The summed E-state index contributed by atoms with van der Waals surface area (Å²) in [5.74, 6) is 1.76. The molecule has 1 fully saturated rings. The molecule has 0 aromatic heterocycles. The molecule has 2 heteroatoms. The van der Waals surface area contributed by atoms with Gasteiger partial charge in [0, 0.05) is 12.5 Å². The maximum absolute atomic E-state index is 6.56. The molecule has 1 aliphatic carbocycles. The van der Waals surface area contributed by atoms with E-state index in [1.807, 2.05) is 0 Å². The minimum absolute atomic E-state index is 0.338. The molecule has 21 heavy (non-hydrogen) atoms. The molecule has 2 unspecified atom stereocenters. The average Bonchev–Trinajstić information content (AvgIpc) is 2.91. The highest BCUT2D eigenvalue weighted by Gasteiger charge is 2.35. The van der Waals surface area contributed by atoms with Crippen LogP contribution < -0.4 is 10.5 Å². The maximum atomic E-state index is 6.56. The monoisotopic (exact) mass is 287 g/mol. The molecule has 2 N–H and O–H groups in total. The largest absolute Gasteiger partial charge is 0.493 e. The summed E-state index contributed by atoms with van der Waals surface area (Å²) in [6.45, 7) is 5.65. The van der Waals surface area contributed by atoms with Gasteiger partial charge < -0.3 is 10.5 Å². The van der Waals surface area contributed by atoms with Crippen LogP contribution >= 0.6 is 0 Å². The van der Waals surface area contributed by atoms with Gasteiger partial charge in [0.05, 0.1) is 6.61 Å². The van der Waals surface area contributed by atoms with Crippen molar-refractivity contribution in [2.75, 3.05) is 6.61 Å². The second kappa shape index (κ2) is 6.00. The SMILES string of the molecule is CC1(C)CCCCC1C(N)CCc1ccc2c(c1)CCO2. The van der Waals surface area contributed by atoms with E-state index >= 15 is 0 Å². The van der Waals surface area contributed by atoms with Crippen LogP contribution in [0, 0.1) is 11.3 Å². The molecule has 2 aliphatic rings. The molecule has 0 radical (unpaired) electrons. The standard InChI is InChI=1S/C19H29NO/c1-19(2)11-4-3-5-16(19)17(20)8-6-14-7-9-18-15(13-14)10-12-21-18/h7,9,13,16-17H,3-6,8,10-12,20H2,1-2H3. The van der Waals surface area contributed by atoms with Crippen molar-refractivity contribution in [3.8, 4) is 5.75 Å². The van der Waals surface area contributed by atoms with E-state index in [4.69, 9.17) is 10.5 Å². The third-order valence-corrected chi connectivity index (χ3v) is 5.63. The Morgan fingerprint density at radius 2 is 2.19 bits per heavy atom. The summed E-state index contributed by atoms with van der Waals surface area (Å²) < 4.78 is 5.58. The highest BCUT2D eigenvalue weighted by Crippen LogP contribution is 2.42. The van der Waals surface area contributed by atoms with Gasteiger partial charge in [-0.15, -0.1) is 0 Å². The van der Waals surface area contributed by atoms with Crippen molar-refractivity contribution in [2.24, 2.45) is 17.1 Å². The van der Waals surface area contributed by atoms with Crippen LogP contribution in [0.15, 0.2) is 18.2 Å². The first-order valence-corrected chi connectivity index (χ1v) is 8.56. The molecule has 0 amide bonds. The summed E-state index contributed by atoms with van der Waals surface area (Å²) in [6, 6.07) is 7.00. The predicted molar refractivity (Wildman–Crippen MR) is 87.7 cm³/mol. The van der Waals surface area contributed by atoms with Crippen molar-refractivity contribution in [3.05, 3.63) is 29.3 Å².